The highest BCUT2D eigenvalue weighted by Crippen LogP contribution is 2.20. The number of anilines is 1. The molecular weight excluding hydrogens is 331 g/mol. The Balaban J connectivity index is 2.71. The van der Waals surface area contributed by atoms with Crippen LogP contribution in [-0.4, -0.2) is 35.7 Å². The van der Waals surface area contributed by atoms with Crippen LogP contribution in [0.15, 0.2) is 18.2 Å². The maximum absolute atomic E-state index is 11.8. The number of nitrogens with one attached hydrogen (secondary N) is 1. The van der Waals surface area contributed by atoms with Crippen LogP contribution in [0.3, 0.4) is 0 Å². The Labute approximate surface area is 115 Å². The van der Waals surface area contributed by atoms with Crippen LogP contribution < -0.4 is 5.32 Å². The highest BCUT2D eigenvalue weighted by atomic mass is 127. The van der Waals surface area contributed by atoms with E-state index in [-0.39, 0.29) is 6.03 Å². The zero-order valence-corrected chi connectivity index (χ0v) is 12.4. The summed E-state index contributed by atoms with van der Waals surface area (Å²) in [5, 5.41) is 12.0. The van der Waals surface area contributed by atoms with Crippen LogP contribution in [0.5, 0.6) is 0 Å². The molecule has 0 aliphatic heterocycles. The Kier molecular flexibility index (Phi) is 5.20. The molecule has 0 saturated carbocycles. The largest absolute Gasteiger partial charge is 0.392 e. The molecule has 1 rings (SSSR count). The van der Waals surface area contributed by atoms with E-state index in [0.717, 1.165) is 14.8 Å². The van der Waals surface area contributed by atoms with Gasteiger partial charge in [0.05, 0.1) is 6.10 Å². The first kappa shape index (κ1) is 14.2. The summed E-state index contributed by atoms with van der Waals surface area (Å²) in [4.78, 5) is 13.3. The van der Waals surface area contributed by atoms with Crippen LogP contribution in [0.2, 0.25) is 0 Å². The molecule has 0 saturated heterocycles. The van der Waals surface area contributed by atoms with Gasteiger partial charge in [-0.15, -0.1) is 0 Å². The second-order valence-corrected chi connectivity index (χ2v) is 5.23. The van der Waals surface area contributed by atoms with Crippen molar-refractivity contribution in [2.75, 3.05) is 18.9 Å². The predicted octanol–water partition coefficient (Wildman–Crippen LogP) is 2.44. The van der Waals surface area contributed by atoms with Gasteiger partial charge in [0, 0.05) is 22.8 Å². The summed E-state index contributed by atoms with van der Waals surface area (Å²) >= 11 is 2.23. The number of urea groups is 1. The minimum absolute atomic E-state index is 0.212. The number of hydrogen-bond acceptors (Lipinski definition) is 2. The fourth-order valence-electron chi connectivity index (χ4n) is 1.43. The van der Waals surface area contributed by atoms with E-state index in [2.05, 4.69) is 27.9 Å². The minimum Gasteiger partial charge on any atom is -0.392 e. The van der Waals surface area contributed by atoms with Gasteiger partial charge >= 0.3 is 6.03 Å². The summed E-state index contributed by atoms with van der Waals surface area (Å²) in [5.74, 6) is 0. The molecule has 0 aromatic heterocycles. The van der Waals surface area contributed by atoms with Gasteiger partial charge in [0.1, 0.15) is 0 Å². The highest BCUT2D eigenvalue weighted by Gasteiger charge is 2.12. The molecule has 94 valence electrons. The second kappa shape index (κ2) is 6.20. The molecule has 0 aliphatic carbocycles. The predicted molar refractivity (Wildman–Crippen MR) is 77.2 cm³/mol. The summed E-state index contributed by atoms with van der Waals surface area (Å²) in [6.07, 6.45) is -0.525. The molecule has 0 fully saturated rings. The zero-order valence-electron chi connectivity index (χ0n) is 10.2. The van der Waals surface area contributed by atoms with Crippen molar-refractivity contribution in [1.82, 2.24) is 4.90 Å². The van der Waals surface area contributed by atoms with Crippen LogP contribution in [-0.2, 0) is 0 Å². The Bertz CT molecular complexity index is 407. The SMILES string of the molecule is Cc1c(I)cccc1NC(=O)N(C)C[C@@H](C)O. The quantitative estimate of drug-likeness (QED) is 0.825. The fraction of sp³-hybridized carbons (Fsp3) is 0.417. The number of benzene rings is 1. The van der Waals surface area contributed by atoms with Crippen molar-refractivity contribution in [3.63, 3.8) is 0 Å². The van der Waals surface area contributed by atoms with E-state index in [1.54, 1.807) is 14.0 Å². The lowest BCUT2D eigenvalue weighted by Crippen LogP contribution is -2.36. The number of carbonyl (C=O) groups excluding carboxylic acids is 1. The Morgan fingerprint density at radius 1 is 1.59 bits per heavy atom. The highest BCUT2D eigenvalue weighted by molar-refractivity contribution is 14.1. The number of aliphatic hydroxyl groups excluding tert-OH is 1. The maximum Gasteiger partial charge on any atom is 0.321 e. The molecule has 1 aromatic carbocycles. The van der Waals surface area contributed by atoms with E-state index in [0.29, 0.717) is 6.54 Å². The Hall–Kier alpha value is -0.820. The molecular formula is C12H17IN2O2. The monoisotopic (exact) mass is 348 g/mol. The van der Waals surface area contributed by atoms with Crippen molar-refractivity contribution in [1.29, 1.82) is 0 Å². The number of amides is 2. The molecule has 0 radical (unpaired) electrons. The molecule has 0 bridgehead atoms. The Morgan fingerprint density at radius 2 is 2.24 bits per heavy atom. The standard InChI is InChI=1S/C12H17IN2O2/c1-8(16)7-15(3)12(17)14-11-6-4-5-10(13)9(11)2/h4-6,8,16H,7H2,1-3H3,(H,14,17)/t8-/m1/s1. The average molecular weight is 348 g/mol. The zero-order chi connectivity index (χ0) is 13.0. The normalized spacial score (nSPS) is 12.1. The lowest BCUT2D eigenvalue weighted by atomic mass is 10.2. The lowest BCUT2D eigenvalue weighted by molar-refractivity contribution is 0.149. The third-order valence-corrected chi connectivity index (χ3v) is 3.56. The third kappa shape index (κ3) is 4.16. The number of carbonyl (C=O) groups is 1. The van der Waals surface area contributed by atoms with Gasteiger partial charge in [0.25, 0.3) is 0 Å². The molecule has 17 heavy (non-hydrogen) atoms. The second-order valence-electron chi connectivity index (χ2n) is 4.07. The molecule has 2 amide bonds. The summed E-state index contributed by atoms with van der Waals surface area (Å²) in [6.45, 7) is 3.93. The van der Waals surface area contributed by atoms with Gasteiger partial charge in [-0.05, 0) is 54.1 Å². The van der Waals surface area contributed by atoms with Crippen molar-refractivity contribution in [3.05, 3.63) is 27.3 Å². The van der Waals surface area contributed by atoms with Crippen molar-refractivity contribution >= 4 is 34.3 Å². The Morgan fingerprint density at radius 3 is 2.82 bits per heavy atom. The molecule has 2 N–H and O–H groups in total. The molecule has 4 nitrogen and oxygen atoms in total. The molecule has 0 aliphatic rings. The lowest BCUT2D eigenvalue weighted by Gasteiger charge is -2.20. The van der Waals surface area contributed by atoms with Crippen LogP contribution in [0.1, 0.15) is 12.5 Å². The van der Waals surface area contributed by atoms with Gasteiger partial charge in [-0.1, -0.05) is 6.07 Å². The molecule has 1 atom stereocenters. The van der Waals surface area contributed by atoms with Crippen molar-refractivity contribution in [3.8, 4) is 0 Å². The van der Waals surface area contributed by atoms with E-state index in [1.165, 1.54) is 4.90 Å². The van der Waals surface area contributed by atoms with Crippen LogP contribution in [0.4, 0.5) is 10.5 Å². The number of rotatable bonds is 3. The first-order chi connectivity index (χ1) is 7.91. The van der Waals surface area contributed by atoms with E-state index < -0.39 is 6.10 Å². The number of aliphatic hydroxyl groups is 1. The molecule has 5 heteroatoms. The number of hydrogen-bond donors (Lipinski definition) is 2. The van der Waals surface area contributed by atoms with E-state index in [1.807, 2.05) is 25.1 Å². The van der Waals surface area contributed by atoms with Gasteiger partial charge in [-0.3, -0.25) is 0 Å². The summed E-state index contributed by atoms with van der Waals surface area (Å²) in [7, 11) is 1.66. The van der Waals surface area contributed by atoms with E-state index in [9.17, 15) is 9.90 Å². The van der Waals surface area contributed by atoms with Crippen LogP contribution >= 0.6 is 22.6 Å². The van der Waals surface area contributed by atoms with E-state index >= 15 is 0 Å². The summed E-state index contributed by atoms with van der Waals surface area (Å²) in [5.41, 5.74) is 1.85. The van der Waals surface area contributed by atoms with Crippen molar-refractivity contribution < 1.29 is 9.90 Å². The first-order valence-electron chi connectivity index (χ1n) is 5.37. The van der Waals surface area contributed by atoms with Gasteiger partial charge < -0.3 is 15.3 Å². The number of halogens is 1. The number of likely N-dealkylation sites (N-methyl/N-ethyl adjacent to an activating group) is 1. The van der Waals surface area contributed by atoms with Crippen LogP contribution in [0, 0.1) is 10.5 Å². The smallest absolute Gasteiger partial charge is 0.321 e. The maximum atomic E-state index is 11.8. The van der Waals surface area contributed by atoms with Gasteiger partial charge in [0.15, 0.2) is 0 Å². The molecule has 0 unspecified atom stereocenters. The minimum atomic E-state index is -0.525. The van der Waals surface area contributed by atoms with E-state index in [4.69, 9.17) is 0 Å². The van der Waals surface area contributed by atoms with Gasteiger partial charge in [0.2, 0.25) is 0 Å². The van der Waals surface area contributed by atoms with Crippen LogP contribution in [0.25, 0.3) is 0 Å². The average Bonchev–Trinajstić information content (AvgIpc) is 2.23. The summed E-state index contributed by atoms with van der Waals surface area (Å²) in [6, 6.07) is 5.55. The number of nitrogens with zero attached hydrogens (tertiary/aromatic N) is 1. The van der Waals surface area contributed by atoms with Crippen molar-refractivity contribution in [2.45, 2.75) is 20.0 Å². The molecule has 1 aromatic rings. The van der Waals surface area contributed by atoms with Gasteiger partial charge in [-0.25, -0.2) is 4.79 Å². The van der Waals surface area contributed by atoms with Crippen molar-refractivity contribution in [2.24, 2.45) is 0 Å². The first-order valence-corrected chi connectivity index (χ1v) is 6.45. The third-order valence-electron chi connectivity index (χ3n) is 2.39. The molecule has 0 spiro atoms. The summed E-state index contributed by atoms with van der Waals surface area (Å²) < 4.78 is 1.11. The molecule has 0 heterocycles. The van der Waals surface area contributed by atoms with Gasteiger partial charge in [-0.2, -0.15) is 0 Å². The fourth-order valence-corrected chi connectivity index (χ4v) is 1.93. The topological polar surface area (TPSA) is 52.6 Å².